The van der Waals surface area contributed by atoms with Crippen molar-refractivity contribution >= 4 is 23.4 Å². The van der Waals surface area contributed by atoms with Crippen LogP contribution in [0.4, 0.5) is 11.6 Å². The van der Waals surface area contributed by atoms with Gasteiger partial charge in [0.25, 0.3) is 0 Å². The zero-order valence-corrected chi connectivity index (χ0v) is 13.5. The third-order valence-electron chi connectivity index (χ3n) is 3.10. The number of nitrogens with zero attached hydrogens (tertiary/aromatic N) is 3. The van der Waals surface area contributed by atoms with Crippen LogP contribution in [-0.2, 0) is 11.3 Å². The molecular weight excluding hydrogens is 274 g/mol. The molecule has 0 saturated heterocycles. The highest BCUT2D eigenvalue weighted by Crippen LogP contribution is 2.18. The van der Waals surface area contributed by atoms with E-state index in [1.807, 2.05) is 31.8 Å². The van der Waals surface area contributed by atoms with Crippen molar-refractivity contribution in [1.29, 1.82) is 0 Å². The van der Waals surface area contributed by atoms with Gasteiger partial charge in [-0.3, -0.25) is 0 Å². The van der Waals surface area contributed by atoms with Crippen molar-refractivity contribution in [3.8, 4) is 0 Å². The largest absolute Gasteiger partial charge is 0.374 e. The minimum absolute atomic E-state index is 0.395. The first-order valence-electron chi connectivity index (χ1n) is 6.76. The predicted octanol–water partition coefficient (Wildman–Crippen LogP) is 1.88. The zero-order chi connectivity index (χ0) is 15.0. The van der Waals surface area contributed by atoms with Crippen LogP contribution in [0, 0.1) is 0 Å². The van der Waals surface area contributed by atoms with Crippen molar-refractivity contribution in [2.24, 2.45) is 5.84 Å². The van der Waals surface area contributed by atoms with Crippen LogP contribution in [0.3, 0.4) is 0 Å². The molecule has 3 N–H and O–H groups in total. The smallest absolute Gasteiger partial charge is 0.158 e. The Kier molecular flexibility index (Phi) is 7.64. The number of nitrogens with one attached hydrogen (secondary N) is 1. The van der Waals surface area contributed by atoms with Gasteiger partial charge < -0.3 is 15.1 Å². The summed E-state index contributed by atoms with van der Waals surface area (Å²) in [6.45, 7) is 5.17. The number of rotatable bonds is 9. The Morgan fingerprint density at radius 3 is 2.85 bits per heavy atom. The van der Waals surface area contributed by atoms with Gasteiger partial charge >= 0.3 is 0 Å². The second kappa shape index (κ2) is 8.99. The SMILES string of the molecule is CCOCc1nc(NN)cc(N(C)C(C)CCSC)n1. The Hall–Kier alpha value is -1.05. The van der Waals surface area contributed by atoms with E-state index in [0.717, 1.165) is 18.0 Å². The van der Waals surface area contributed by atoms with E-state index < -0.39 is 0 Å². The van der Waals surface area contributed by atoms with Crippen molar-refractivity contribution in [1.82, 2.24) is 9.97 Å². The van der Waals surface area contributed by atoms with Gasteiger partial charge in [-0.1, -0.05) is 0 Å². The highest BCUT2D eigenvalue weighted by Gasteiger charge is 2.13. The van der Waals surface area contributed by atoms with Crippen LogP contribution in [0.15, 0.2) is 6.07 Å². The molecule has 0 spiro atoms. The molecule has 1 aromatic heterocycles. The summed E-state index contributed by atoms with van der Waals surface area (Å²) in [6, 6.07) is 2.26. The summed E-state index contributed by atoms with van der Waals surface area (Å²) in [4.78, 5) is 11.0. The molecular formula is C13H25N5OS. The van der Waals surface area contributed by atoms with Crippen LogP contribution in [0.1, 0.15) is 26.1 Å². The van der Waals surface area contributed by atoms with E-state index in [9.17, 15) is 0 Å². The third kappa shape index (κ3) is 5.15. The van der Waals surface area contributed by atoms with Crippen LogP contribution in [0.2, 0.25) is 0 Å². The molecule has 1 aromatic rings. The van der Waals surface area contributed by atoms with Gasteiger partial charge in [-0.05, 0) is 32.3 Å². The molecule has 0 amide bonds. The van der Waals surface area contributed by atoms with E-state index in [2.05, 4.69) is 33.5 Å². The first-order chi connectivity index (χ1) is 9.62. The van der Waals surface area contributed by atoms with Gasteiger partial charge in [0.05, 0.1) is 0 Å². The number of hydrazine groups is 1. The maximum absolute atomic E-state index is 5.47. The van der Waals surface area contributed by atoms with Gasteiger partial charge in [0.15, 0.2) is 5.82 Å². The molecule has 0 radical (unpaired) electrons. The van der Waals surface area contributed by atoms with Crippen LogP contribution >= 0.6 is 11.8 Å². The minimum atomic E-state index is 0.395. The number of anilines is 2. The monoisotopic (exact) mass is 299 g/mol. The van der Waals surface area contributed by atoms with E-state index in [4.69, 9.17) is 10.6 Å². The van der Waals surface area contributed by atoms with Gasteiger partial charge in [-0.25, -0.2) is 15.8 Å². The summed E-state index contributed by atoms with van der Waals surface area (Å²) in [5.74, 6) is 8.70. The van der Waals surface area contributed by atoms with Crippen molar-refractivity contribution in [3.05, 3.63) is 11.9 Å². The number of hydrogen-bond donors (Lipinski definition) is 2. The van der Waals surface area contributed by atoms with Crippen molar-refractivity contribution in [3.63, 3.8) is 0 Å². The maximum atomic E-state index is 5.47. The maximum Gasteiger partial charge on any atom is 0.158 e. The van der Waals surface area contributed by atoms with Crippen LogP contribution in [-0.4, -0.2) is 41.7 Å². The topological polar surface area (TPSA) is 76.3 Å². The summed E-state index contributed by atoms with van der Waals surface area (Å²) < 4.78 is 5.36. The fraction of sp³-hybridized carbons (Fsp3) is 0.692. The molecule has 0 bridgehead atoms. The quantitative estimate of drug-likeness (QED) is 0.532. The zero-order valence-electron chi connectivity index (χ0n) is 12.7. The lowest BCUT2D eigenvalue weighted by Crippen LogP contribution is -2.30. The van der Waals surface area contributed by atoms with E-state index in [1.165, 1.54) is 0 Å². The van der Waals surface area contributed by atoms with Crippen molar-refractivity contribution in [2.75, 3.05) is 36.0 Å². The highest BCUT2D eigenvalue weighted by atomic mass is 32.2. The molecule has 0 aliphatic rings. The first kappa shape index (κ1) is 17.0. The Morgan fingerprint density at radius 2 is 2.25 bits per heavy atom. The summed E-state index contributed by atoms with van der Waals surface area (Å²) in [6.07, 6.45) is 3.22. The molecule has 1 atom stereocenters. The van der Waals surface area contributed by atoms with Gasteiger partial charge in [0.2, 0.25) is 0 Å². The average Bonchev–Trinajstić information content (AvgIpc) is 2.49. The molecule has 1 unspecified atom stereocenters. The average molecular weight is 299 g/mol. The van der Waals surface area contributed by atoms with Crippen molar-refractivity contribution < 1.29 is 4.74 Å². The molecule has 0 aromatic carbocycles. The number of ether oxygens (including phenoxy) is 1. The lowest BCUT2D eigenvalue weighted by atomic mass is 10.2. The van der Waals surface area contributed by atoms with Gasteiger partial charge in [0.1, 0.15) is 18.2 Å². The molecule has 0 aliphatic heterocycles. The molecule has 0 saturated carbocycles. The van der Waals surface area contributed by atoms with E-state index in [-0.39, 0.29) is 0 Å². The highest BCUT2D eigenvalue weighted by molar-refractivity contribution is 7.98. The summed E-state index contributed by atoms with van der Waals surface area (Å²) in [7, 11) is 2.04. The van der Waals surface area contributed by atoms with Crippen LogP contribution in [0.25, 0.3) is 0 Å². The number of hydrogen-bond acceptors (Lipinski definition) is 7. The second-order valence-electron chi connectivity index (χ2n) is 4.55. The summed E-state index contributed by atoms with van der Waals surface area (Å²) in [5.41, 5.74) is 2.58. The minimum Gasteiger partial charge on any atom is -0.374 e. The van der Waals surface area contributed by atoms with E-state index in [1.54, 1.807) is 0 Å². The lowest BCUT2D eigenvalue weighted by molar-refractivity contribution is 0.128. The number of aromatic nitrogens is 2. The normalized spacial score (nSPS) is 12.2. The van der Waals surface area contributed by atoms with Crippen LogP contribution < -0.4 is 16.2 Å². The number of nitrogen functional groups attached to an aromatic ring is 1. The molecule has 0 fully saturated rings. The summed E-state index contributed by atoms with van der Waals surface area (Å²) >= 11 is 1.85. The Labute approximate surface area is 125 Å². The van der Waals surface area contributed by atoms with Crippen molar-refractivity contribution in [2.45, 2.75) is 32.9 Å². The number of thioether (sulfide) groups is 1. The van der Waals surface area contributed by atoms with Crippen LogP contribution in [0.5, 0.6) is 0 Å². The Balaban J connectivity index is 2.85. The fourth-order valence-electron chi connectivity index (χ4n) is 1.70. The summed E-state index contributed by atoms with van der Waals surface area (Å²) in [5, 5.41) is 0. The molecule has 6 nitrogen and oxygen atoms in total. The number of nitrogens with two attached hydrogens (primary N) is 1. The van der Waals surface area contributed by atoms with Gasteiger partial charge in [-0.15, -0.1) is 0 Å². The van der Waals surface area contributed by atoms with E-state index >= 15 is 0 Å². The lowest BCUT2D eigenvalue weighted by Gasteiger charge is -2.26. The van der Waals surface area contributed by atoms with E-state index in [0.29, 0.717) is 30.9 Å². The fourth-order valence-corrected chi connectivity index (χ4v) is 2.28. The molecule has 1 heterocycles. The standard InChI is InChI=1S/C13H25N5OS/c1-5-19-9-12-15-11(17-14)8-13(16-12)18(3)10(2)6-7-20-4/h8,10H,5-7,9,14H2,1-4H3,(H,15,16,17). The third-order valence-corrected chi connectivity index (χ3v) is 3.75. The second-order valence-corrected chi connectivity index (χ2v) is 5.54. The predicted molar refractivity (Wildman–Crippen MR) is 86.0 cm³/mol. The first-order valence-corrected chi connectivity index (χ1v) is 8.15. The molecule has 114 valence electrons. The Bertz CT molecular complexity index is 404. The molecule has 1 rings (SSSR count). The van der Waals surface area contributed by atoms with Gasteiger partial charge in [0, 0.05) is 25.8 Å². The Morgan fingerprint density at radius 1 is 1.50 bits per heavy atom. The molecule has 0 aliphatic carbocycles. The molecule has 20 heavy (non-hydrogen) atoms. The van der Waals surface area contributed by atoms with Gasteiger partial charge in [-0.2, -0.15) is 11.8 Å². The molecule has 7 heteroatoms.